The highest BCUT2D eigenvalue weighted by molar-refractivity contribution is 9.10. The molecule has 84 valence electrons. The van der Waals surface area contributed by atoms with Gasteiger partial charge < -0.3 is 5.32 Å². The molecule has 0 spiro atoms. The monoisotopic (exact) mass is 305 g/mol. The van der Waals surface area contributed by atoms with Crippen LogP contribution in [0.3, 0.4) is 0 Å². The Bertz CT molecular complexity index is 616. The number of hydrogen-bond donors (Lipinski definition) is 1. The number of anilines is 1. The summed E-state index contributed by atoms with van der Waals surface area (Å²) in [6, 6.07) is 9.78. The van der Waals surface area contributed by atoms with E-state index in [1.165, 1.54) is 0 Å². The van der Waals surface area contributed by atoms with Gasteiger partial charge in [-0.05, 0) is 35.7 Å². The van der Waals surface area contributed by atoms with E-state index in [4.69, 9.17) is 0 Å². The Kier molecular flexibility index (Phi) is 2.61. The van der Waals surface area contributed by atoms with E-state index in [0.29, 0.717) is 0 Å². The highest BCUT2D eigenvalue weighted by Crippen LogP contribution is 2.35. The molecule has 1 aromatic heterocycles. The van der Waals surface area contributed by atoms with Gasteiger partial charge in [0.05, 0.1) is 5.57 Å². The molecule has 3 rings (SSSR count). The molecular weight excluding hydrogens is 298 g/mol. The lowest BCUT2D eigenvalue weighted by molar-refractivity contribution is -0.110. The van der Waals surface area contributed by atoms with Crippen LogP contribution in [0.1, 0.15) is 10.4 Å². The van der Waals surface area contributed by atoms with Gasteiger partial charge in [-0.1, -0.05) is 22.0 Å². The lowest BCUT2D eigenvalue weighted by Gasteiger charge is -1.98. The van der Waals surface area contributed by atoms with Gasteiger partial charge in [-0.2, -0.15) is 0 Å². The second-order valence-electron chi connectivity index (χ2n) is 3.72. The van der Waals surface area contributed by atoms with Crippen LogP contribution in [0, 0.1) is 0 Å². The quantitative estimate of drug-likeness (QED) is 0.793. The average Bonchev–Trinajstić information content (AvgIpc) is 2.90. The highest BCUT2D eigenvalue weighted by atomic mass is 79.9. The van der Waals surface area contributed by atoms with Crippen LogP contribution in [-0.2, 0) is 4.79 Å². The lowest BCUT2D eigenvalue weighted by Crippen LogP contribution is -2.03. The zero-order valence-electron chi connectivity index (χ0n) is 8.74. The molecule has 0 unspecified atom stereocenters. The summed E-state index contributed by atoms with van der Waals surface area (Å²) < 4.78 is 0.977. The minimum atomic E-state index is -0.0356. The SMILES string of the molecule is O=C1Nc2ccc(Br)cc2/C1=C\c1cccs1. The highest BCUT2D eigenvalue weighted by Gasteiger charge is 2.24. The predicted octanol–water partition coefficient (Wildman–Crippen LogP) is 4.00. The van der Waals surface area contributed by atoms with Crippen molar-refractivity contribution >= 4 is 50.5 Å². The van der Waals surface area contributed by atoms with E-state index in [0.717, 1.165) is 26.2 Å². The third kappa shape index (κ3) is 1.94. The molecule has 4 heteroatoms. The molecule has 1 amide bonds. The van der Waals surface area contributed by atoms with Gasteiger partial charge in [-0.3, -0.25) is 4.79 Å². The van der Waals surface area contributed by atoms with E-state index in [1.54, 1.807) is 11.3 Å². The second-order valence-corrected chi connectivity index (χ2v) is 5.61. The van der Waals surface area contributed by atoms with Crippen molar-refractivity contribution in [1.29, 1.82) is 0 Å². The van der Waals surface area contributed by atoms with Crippen molar-refractivity contribution < 1.29 is 4.79 Å². The van der Waals surface area contributed by atoms with Gasteiger partial charge in [0.15, 0.2) is 0 Å². The number of hydrogen-bond acceptors (Lipinski definition) is 2. The molecule has 1 N–H and O–H groups in total. The Balaban J connectivity index is 2.13. The van der Waals surface area contributed by atoms with E-state index >= 15 is 0 Å². The van der Waals surface area contributed by atoms with Gasteiger partial charge in [0, 0.05) is 20.6 Å². The molecule has 1 aromatic carbocycles. The Morgan fingerprint density at radius 2 is 2.18 bits per heavy atom. The normalized spacial score (nSPS) is 16.1. The smallest absolute Gasteiger partial charge is 0.256 e. The fourth-order valence-electron chi connectivity index (χ4n) is 1.82. The summed E-state index contributed by atoms with van der Waals surface area (Å²) >= 11 is 5.05. The predicted molar refractivity (Wildman–Crippen MR) is 75.0 cm³/mol. The van der Waals surface area contributed by atoms with Crippen molar-refractivity contribution in [3.8, 4) is 0 Å². The van der Waals surface area contributed by atoms with Crippen molar-refractivity contribution in [1.82, 2.24) is 0 Å². The molecular formula is C13H8BrNOS. The van der Waals surface area contributed by atoms with Gasteiger partial charge in [0.2, 0.25) is 0 Å². The minimum Gasteiger partial charge on any atom is -0.321 e. The zero-order chi connectivity index (χ0) is 11.8. The number of nitrogens with one attached hydrogen (secondary N) is 1. The van der Waals surface area contributed by atoms with E-state index in [1.807, 2.05) is 41.8 Å². The molecule has 0 bridgehead atoms. The van der Waals surface area contributed by atoms with E-state index in [9.17, 15) is 4.79 Å². The van der Waals surface area contributed by atoms with Gasteiger partial charge in [-0.15, -0.1) is 11.3 Å². The molecule has 0 fully saturated rings. The summed E-state index contributed by atoms with van der Waals surface area (Å²) in [4.78, 5) is 13.0. The summed E-state index contributed by atoms with van der Waals surface area (Å²) in [6.07, 6.45) is 1.93. The van der Waals surface area contributed by atoms with Crippen molar-refractivity contribution in [3.63, 3.8) is 0 Å². The number of rotatable bonds is 1. The maximum atomic E-state index is 11.9. The zero-order valence-corrected chi connectivity index (χ0v) is 11.1. The first kappa shape index (κ1) is 10.7. The Hall–Kier alpha value is -1.39. The van der Waals surface area contributed by atoms with Gasteiger partial charge in [-0.25, -0.2) is 0 Å². The van der Waals surface area contributed by atoms with Crippen LogP contribution < -0.4 is 5.32 Å². The first-order chi connectivity index (χ1) is 8.24. The first-order valence-electron chi connectivity index (χ1n) is 5.10. The van der Waals surface area contributed by atoms with Crippen molar-refractivity contribution in [2.45, 2.75) is 0 Å². The molecule has 0 radical (unpaired) electrons. The molecule has 2 nitrogen and oxygen atoms in total. The topological polar surface area (TPSA) is 29.1 Å². The number of fused-ring (bicyclic) bond motifs is 1. The number of thiophene rings is 1. The Morgan fingerprint density at radius 1 is 1.29 bits per heavy atom. The molecule has 0 atom stereocenters. The molecule has 1 aliphatic heterocycles. The summed E-state index contributed by atoms with van der Waals surface area (Å²) in [6.45, 7) is 0. The fraction of sp³-hybridized carbons (Fsp3) is 0. The van der Waals surface area contributed by atoms with Crippen molar-refractivity contribution in [2.75, 3.05) is 5.32 Å². The Labute approximate surface area is 111 Å². The van der Waals surface area contributed by atoms with Gasteiger partial charge in [0.1, 0.15) is 0 Å². The molecule has 0 saturated heterocycles. The number of carbonyl (C=O) groups excluding carboxylic acids is 1. The molecule has 2 heterocycles. The number of amides is 1. The number of benzene rings is 1. The second kappa shape index (κ2) is 4.13. The number of halogens is 1. The standard InChI is InChI=1S/C13H8BrNOS/c14-8-3-4-12-10(6-8)11(13(16)15-12)7-9-2-1-5-17-9/h1-7H,(H,15,16)/b11-7+. The van der Waals surface area contributed by atoms with Crippen LogP contribution in [0.5, 0.6) is 0 Å². The fourth-order valence-corrected chi connectivity index (χ4v) is 2.84. The van der Waals surface area contributed by atoms with Crippen LogP contribution in [0.4, 0.5) is 5.69 Å². The Morgan fingerprint density at radius 3 is 2.94 bits per heavy atom. The molecule has 17 heavy (non-hydrogen) atoms. The van der Waals surface area contributed by atoms with Gasteiger partial charge in [0.25, 0.3) is 5.91 Å². The molecule has 2 aromatic rings. The van der Waals surface area contributed by atoms with Crippen molar-refractivity contribution in [3.05, 3.63) is 50.6 Å². The third-order valence-electron chi connectivity index (χ3n) is 2.59. The van der Waals surface area contributed by atoms with E-state index in [2.05, 4.69) is 21.2 Å². The van der Waals surface area contributed by atoms with Crippen LogP contribution in [0.15, 0.2) is 40.2 Å². The van der Waals surface area contributed by atoms with Crippen LogP contribution in [0.25, 0.3) is 11.6 Å². The third-order valence-corrected chi connectivity index (χ3v) is 3.91. The maximum absolute atomic E-state index is 11.9. The maximum Gasteiger partial charge on any atom is 0.256 e. The lowest BCUT2D eigenvalue weighted by atomic mass is 10.1. The van der Waals surface area contributed by atoms with Crippen molar-refractivity contribution in [2.24, 2.45) is 0 Å². The molecule has 1 aliphatic rings. The van der Waals surface area contributed by atoms with Crippen LogP contribution in [0.2, 0.25) is 0 Å². The summed E-state index contributed by atoms with van der Waals surface area (Å²) in [5, 5.41) is 4.86. The summed E-state index contributed by atoms with van der Waals surface area (Å²) in [5.74, 6) is -0.0356. The first-order valence-corrected chi connectivity index (χ1v) is 6.78. The summed E-state index contributed by atoms with van der Waals surface area (Å²) in [5.41, 5.74) is 2.56. The van der Waals surface area contributed by atoms with Crippen LogP contribution >= 0.6 is 27.3 Å². The number of carbonyl (C=O) groups is 1. The largest absolute Gasteiger partial charge is 0.321 e. The van der Waals surface area contributed by atoms with Gasteiger partial charge >= 0.3 is 0 Å². The molecule has 0 aliphatic carbocycles. The van der Waals surface area contributed by atoms with E-state index in [-0.39, 0.29) is 5.91 Å². The minimum absolute atomic E-state index is 0.0356. The van der Waals surface area contributed by atoms with Crippen LogP contribution in [-0.4, -0.2) is 5.91 Å². The average molecular weight is 306 g/mol. The van der Waals surface area contributed by atoms with E-state index < -0.39 is 0 Å². The summed E-state index contributed by atoms with van der Waals surface area (Å²) in [7, 11) is 0. The molecule has 0 saturated carbocycles.